The van der Waals surface area contributed by atoms with E-state index in [0.717, 1.165) is 18.9 Å². The number of carbonyl (C=O) groups excluding carboxylic acids is 2. The molecule has 26 heavy (non-hydrogen) atoms. The number of hydrogen-bond acceptors (Lipinski definition) is 6. The first kappa shape index (κ1) is 16.8. The van der Waals surface area contributed by atoms with Gasteiger partial charge in [-0.1, -0.05) is 11.6 Å². The zero-order valence-corrected chi connectivity index (χ0v) is 14.1. The molecule has 1 saturated carbocycles. The van der Waals surface area contributed by atoms with Gasteiger partial charge in [0, 0.05) is 17.6 Å². The number of fused-ring (bicyclic) bond motifs is 1. The van der Waals surface area contributed by atoms with Crippen molar-refractivity contribution in [3.8, 4) is 0 Å². The Labute approximate surface area is 151 Å². The van der Waals surface area contributed by atoms with Gasteiger partial charge in [0.1, 0.15) is 24.6 Å². The number of benzene rings is 1. The molecule has 1 aliphatic heterocycles. The minimum Gasteiger partial charge on any atom is -0.458 e. The maximum Gasteiger partial charge on any atom is 0.508 e. The Morgan fingerprint density at radius 1 is 1.35 bits per heavy atom. The number of hydrogen-bond donors (Lipinski definition) is 0. The lowest BCUT2D eigenvalue weighted by Gasteiger charge is -2.13. The predicted molar refractivity (Wildman–Crippen MR) is 88.0 cm³/mol. The molecule has 1 unspecified atom stereocenters. The van der Waals surface area contributed by atoms with Crippen LogP contribution in [0.2, 0.25) is 5.02 Å². The normalized spacial score (nSPS) is 19.3. The second kappa shape index (κ2) is 6.28. The second-order valence-corrected chi connectivity index (χ2v) is 6.60. The molecular weight excluding hydrogens is 369 g/mol. The van der Waals surface area contributed by atoms with E-state index in [0.29, 0.717) is 5.52 Å². The third kappa shape index (κ3) is 3.01. The van der Waals surface area contributed by atoms with Crippen LogP contribution in [0.5, 0.6) is 0 Å². The Bertz CT molecular complexity index is 983. The van der Waals surface area contributed by atoms with Crippen molar-refractivity contribution in [1.29, 1.82) is 0 Å². The van der Waals surface area contributed by atoms with Crippen molar-refractivity contribution >= 4 is 34.6 Å². The van der Waals surface area contributed by atoms with E-state index in [4.69, 9.17) is 21.1 Å². The summed E-state index contributed by atoms with van der Waals surface area (Å²) in [5.74, 6) is -1.61. The van der Waals surface area contributed by atoms with Gasteiger partial charge in [-0.05, 0) is 25.0 Å². The van der Waals surface area contributed by atoms with Crippen molar-refractivity contribution < 1.29 is 28.2 Å². The van der Waals surface area contributed by atoms with Crippen LogP contribution >= 0.6 is 11.6 Å². The molecular formula is C17H13ClFNO6. The maximum atomic E-state index is 13.8. The monoisotopic (exact) mass is 381 g/mol. The van der Waals surface area contributed by atoms with E-state index in [1.54, 1.807) is 4.57 Å². The summed E-state index contributed by atoms with van der Waals surface area (Å²) in [7, 11) is 0. The topological polar surface area (TPSA) is 83.8 Å². The average Bonchev–Trinajstić information content (AvgIpc) is 3.36. The minimum absolute atomic E-state index is 0.0279. The fraction of sp³-hybridized carbons (Fsp3) is 0.353. The van der Waals surface area contributed by atoms with Gasteiger partial charge in [-0.2, -0.15) is 0 Å². The van der Waals surface area contributed by atoms with Crippen LogP contribution < -0.4 is 5.43 Å². The number of pyridine rings is 1. The lowest BCUT2D eigenvalue weighted by atomic mass is 10.1. The van der Waals surface area contributed by atoms with Crippen LogP contribution in [0.25, 0.3) is 10.9 Å². The summed E-state index contributed by atoms with van der Waals surface area (Å²) in [6.45, 7) is -0.264. The van der Waals surface area contributed by atoms with Gasteiger partial charge in [0.05, 0.1) is 10.5 Å². The number of nitrogens with zero attached hydrogens (tertiary/aromatic N) is 1. The molecule has 7 nitrogen and oxygen atoms in total. The van der Waals surface area contributed by atoms with E-state index in [2.05, 4.69) is 4.74 Å². The van der Waals surface area contributed by atoms with Gasteiger partial charge in [-0.25, -0.2) is 14.0 Å². The summed E-state index contributed by atoms with van der Waals surface area (Å²) in [6.07, 6.45) is 1.64. The molecule has 2 aliphatic rings. The summed E-state index contributed by atoms with van der Waals surface area (Å²) in [4.78, 5) is 35.9. The highest BCUT2D eigenvalue weighted by molar-refractivity contribution is 6.31. The summed E-state index contributed by atoms with van der Waals surface area (Å²) < 4.78 is 30.0. The van der Waals surface area contributed by atoms with Gasteiger partial charge in [0.25, 0.3) is 0 Å². The molecule has 1 aromatic heterocycles. The van der Waals surface area contributed by atoms with E-state index < -0.39 is 29.5 Å². The number of cyclic esters (lactones) is 2. The van der Waals surface area contributed by atoms with Gasteiger partial charge in [0.2, 0.25) is 5.43 Å². The molecule has 1 atom stereocenters. The molecule has 1 saturated heterocycles. The quantitative estimate of drug-likeness (QED) is 0.757. The summed E-state index contributed by atoms with van der Waals surface area (Å²) in [5.41, 5.74) is -0.382. The Morgan fingerprint density at radius 2 is 2.12 bits per heavy atom. The van der Waals surface area contributed by atoms with Gasteiger partial charge in [-0.15, -0.1) is 0 Å². The molecule has 1 aliphatic carbocycles. The molecule has 2 heterocycles. The average molecular weight is 382 g/mol. The first-order valence-electron chi connectivity index (χ1n) is 7.98. The van der Waals surface area contributed by atoms with Crippen LogP contribution in [0.4, 0.5) is 9.18 Å². The first-order valence-corrected chi connectivity index (χ1v) is 8.36. The third-order valence-corrected chi connectivity index (χ3v) is 4.57. The molecule has 1 aromatic carbocycles. The number of ether oxygens (including phenoxy) is 3. The smallest absolute Gasteiger partial charge is 0.458 e. The SMILES string of the molecule is O=C1OCC(COC(=O)c2cn(C3CC3)c3cc(Cl)c(F)cc3c2=O)O1. The van der Waals surface area contributed by atoms with E-state index in [9.17, 15) is 18.8 Å². The number of carbonyl (C=O) groups is 2. The van der Waals surface area contributed by atoms with E-state index in [1.165, 1.54) is 12.3 Å². The van der Waals surface area contributed by atoms with Crippen molar-refractivity contribution in [1.82, 2.24) is 4.57 Å². The van der Waals surface area contributed by atoms with Crippen LogP contribution in [-0.4, -0.2) is 36.0 Å². The molecule has 0 amide bonds. The van der Waals surface area contributed by atoms with E-state index >= 15 is 0 Å². The van der Waals surface area contributed by atoms with Crippen molar-refractivity contribution in [2.45, 2.75) is 25.0 Å². The highest BCUT2D eigenvalue weighted by Gasteiger charge is 2.29. The molecule has 0 spiro atoms. The van der Waals surface area contributed by atoms with Crippen LogP contribution in [0.1, 0.15) is 29.2 Å². The molecule has 136 valence electrons. The first-order chi connectivity index (χ1) is 12.4. The van der Waals surface area contributed by atoms with Gasteiger partial charge >= 0.3 is 12.1 Å². The summed E-state index contributed by atoms with van der Waals surface area (Å²) in [5, 5.41) is -0.0337. The van der Waals surface area contributed by atoms with Crippen molar-refractivity contribution in [3.05, 3.63) is 45.0 Å². The fourth-order valence-corrected chi connectivity index (χ4v) is 3.00. The van der Waals surface area contributed by atoms with Crippen molar-refractivity contribution in [2.24, 2.45) is 0 Å². The van der Waals surface area contributed by atoms with E-state index in [1.807, 2.05) is 0 Å². The number of esters is 1. The van der Waals surface area contributed by atoms with Crippen LogP contribution in [0.3, 0.4) is 0 Å². The summed E-state index contributed by atoms with van der Waals surface area (Å²) >= 11 is 5.84. The lowest BCUT2D eigenvalue weighted by molar-refractivity contribution is 0.0298. The van der Waals surface area contributed by atoms with Gasteiger partial charge in [0.15, 0.2) is 6.10 Å². The molecule has 0 N–H and O–H groups in total. The molecule has 0 radical (unpaired) electrons. The Morgan fingerprint density at radius 3 is 2.77 bits per heavy atom. The molecule has 2 fully saturated rings. The largest absolute Gasteiger partial charge is 0.508 e. The highest BCUT2D eigenvalue weighted by atomic mass is 35.5. The number of aromatic nitrogens is 1. The highest BCUT2D eigenvalue weighted by Crippen LogP contribution is 2.37. The second-order valence-electron chi connectivity index (χ2n) is 6.19. The molecule has 4 rings (SSSR count). The zero-order valence-electron chi connectivity index (χ0n) is 13.4. The molecule has 0 bridgehead atoms. The van der Waals surface area contributed by atoms with E-state index in [-0.39, 0.29) is 35.2 Å². The van der Waals surface area contributed by atoms with Gasteiger partial charge in [-0.3, -0.25) is 4.79 Å². The van der Waals surface area contributed by atoms with Crippen LogP contribution in [0.15, 0.2) is 23.1 Å². The van der Waals surface area contributed by atoms with Gasteiger partial charge < -0.3 is 18.8 Å². The predicted octanol–water partition coefficient (Wildman–Crippen LogP) is 2.82. The number of halogens is 2. The Hall–Kier alpha value is -2.61. The maximum absolute atomic E-state index is 13.8. The Balaban J connectivity index is 1.69. The third-order valence-electron chi connectivity index (χ3n) is 4.28. The molecule has 2 aromatic rings. The zero-order chi connectivity index (χ0) is 18.4. The molecule has 9 heteroatoms. The summed E-state index contributed by atoms with van der Waals surface area (Å²) in [6, 6.07) is 2.54. The Kier molecular flexibility index (Phi) is 4.07. The van der Waals surface area contributed by atoms with Crippen molar-refractivity contribution in [3.63, 3.8) is 0 Å². The number of rotatable bonds is 4. The van der Waals surface area contributed by atoms with Crippen LogP contribution in [0, 0.1) is 5.82 Å². The van der Waals surface area contributed by atoms with Crippen LogP contribution in [-0.2, 0) is 14.2 Å². The standard InChI is InChI=1S/C17H13ClFNO6/c18-12-4-14-10(3-13(12)19)15(21)11(5-20(14)8-1-2-8)16(22)24-6-9-7-25-17(23)26-9/h3-5,8-9H,1-2,6-7H2. The van der Waals surface area contributed by atoms with Crippen molar-refractivity contribution in [2.75, 3.05) is 13.2 Å². The minimum atomic E-state index is -0.871. The lowest BCUT2D eigenvalue weighted by Crippen LogP contribution is -2.25. The fourth-order valence-electron chi connectivity index (χ4n) is 2.84.